The van der Waals surface area contributed by atoms with Gasteiger partial charge in [-0.25, -0.2) is 4.57 Å². The lowest BCUT2D eigenvalue weighted by molar-refractivity contribution is 0.375. The van der Waals surface area contributed by atoms with Crippen molar-refractivity contribution in [2.45, 2.75) is 38.9 Å². The predicted octanol–water partition coefficient (Wildman–Crippen LogP) is 4.06. The first-order chi connectivity index (χ1) is 5.39. The lowest BCUT2D eigenvalue weighted by Gasteiger charge is -2.25. The van der Waals surface area contributed by atoms with Crippen LogP contribution in [-0.4, -0.2) is 8.32 Å². The average Bonchev–Trinajstić information content (AvgIpc) is 1.99. The normalized spacial score (nSPS) is 13.4. The Balaban J connectivity index is 4.41. The Hall–Kier alpha value is 0.267. The van der Waals surface area contributed by atoms with E-state index in [0.717, 1.165) is 0 Å². The number of halogens is 2. The standard InChI is InChI=1S/C6H15F2O2PSi/c1-4-12(5-2,6-3)10-11(7,8)9/h4-6H2,1-3H3. The van der Waals surface area contributed by atoms with E-state index in [2.05, 4.69) is 4.21 Å². The lowest BCUT2D eigenvalue weighted by atomic mass is 10.9. The van der Waals surface area contributed by atoms with Crippen LogP contribution in [0.5, 0.6) is 0 Å². The second-order valence-corrected chi connectivity index (χ2v) is 8.80. The highest BCUT2D eigenvalue weighted by Gasteiger charge is 2.38. The maximum absolute atomic E-state index is 12.1. The van der Waals surface area contributed by atoms with Gasteiger partial charge in [0.15, 0.2) is 0 Å². The van der Waals surface area contributed by atoms with Crippen molar-refractivity contribution >= 4 is 16.3 Å². The van der Waals surface area contributed by atoms with Crippen molar-refractivity contribution in [2.24, 2.45) is 0 Å². The van der Waals surface area contributed by atoms with Gasteiger partial charge in [0.1, 0.15) is 0 Å². The van der Waals surface area contributed by atoms with Crippen LogP contribution in [0.25, 0.3) is 0 Å². The predicted molar refractivity (Wildman–Crippen MR) is 48.1 cm³/mol. The van der Waals surface area contributed by atoms with Crippen molar-refractivity contribution < 1.29 is 17.2 Å². The molecule has 0 aromatic rings. The first-order valence-corrected chi connectivity index (χ1v) is 8.03. The van der Waals surface area contributed by atoms with E-state index in [1.807, 2.05) is 20.8 Å². The van der Waals surface area contributed by atoms with Gasteiger partial charge < -0.3 is 4.21 Å². The Labute approximate surface area is 73.1 Å². The van der Waals surface area contributed by atoms with E-state index >= 15 is 0 Å². The molecule has 0 amide bonds. The van der Waals surface area contributed by atoms with Gasteiger partial charge in [0.2, 0.25) is 8.32 Å². The summed E-state index contributed by atoms with van der Waals surface area (Å²) in [5.41, 5.74) is 0. The molecule has 0 saturated carbocycles. The fraction of sp³-hybridized carbons (Fsp3) is 1.00. The maximum atomic E-state index is 12.1. The molecule has 0 N–H and O–H groups in total. The van der Waals surface area contributed by atoms with Crippen LogP contribution >= 0.6 is 7.99 Å². The molecule has 0 aliphatic rings. The molecule has 0 atom stereocenters. The molecule has 0 fully saturated rings. The van der Waals surface area contributed by atoms with Gasteiger partial charge in [0.05, 0.1) is 0 Å². The average molecular weight is 216 g/mol. The fourth-order valence-electron chi connectivity index (χ4n) is 1.17. The minimum Gasteiger partial charge on any atom is -0.323 e. The smallest absolute Gasteiger partial charge is 0.323 e. The Morgan fingerprint density at radius 3 is 1.58 bits per heavy atom. The quantitative estimate of drug-likeness (QED) is 0.511. The molecule has 0 aromatic carbocycles. The van der Waals surface area contributed by atoms with Crippen LogP contribution in [0.3, 0.4) is 0 Å². The number of rotatable bonds is 5. The van der Waals surface area contributed by atoms with E-state index in [9.17, 15) is 13.0 Å². The molecule has 0 bridgehead atoms. The van der Waals surface area contributed by atoms with Crippen LogP contribution in [0.2, 0.25) is 18.1 Å². The van der Waals surface area contributed by atoms with Crippen LogP contribution in [0.4, 0.5) is 8.39 Å². The van der Waals surface area contributed by atoms with Crippen LogP contribution < -0.4 is 0 Å². The van der Waals surface area contributed by atoms with Crippen LogP contribution in [0, 0.1) is 0 Å². The molecule has 6 heteroatoms. The van der Waals surface area contributed by atoms with Crippen molar-refractivity contribution in [3.63, 3.8) is 0 Å². The zero-order valence-corrected chi connectivity index (χ0v) is 9.54. The van der Waals surface area contributed by atoms with Crippen molar-refractivity contribution in [1.82, 2.24) is 0 Å². The van der Waals surface area contributed by atoms with Gasteiger partial charge in [-0.15, -0.1) is 8.39 Å². The van der Waals surface area contributed by atoms with Crippen LogP contribution in [0.15, 0.2) is 0 Å². The Morgan fingerprint density at radius 1 is 1.17 bits per heavy atom. The monoisotopic (exact) mass is 216 g/mol. The second-order valence-electron chi connectivity index (χ2n) is 2.75. The first kappa shape index (κ1) is 12.3. The molecule has 0 saturated heterocycles. The zero-order valence-electron chi connectivity index (χ0n) is 7.64. The van der Waals surface area contributed by atoms with Crippen LogP contribution in [-0.2, 0) is 8.78 Å². The summed E-state index contributed by atoms with van der Waals surface area (Å²) in [4.78, 5) is 0. The first-order valence-electron chi connectivity index (χ1n) is 4.09. The van der Waals surface area contributed by atoms with Gasteiger partial charge in [-0.05, 0) is 18.1 Å². The fourth-order valence-corrected chi connectivity index (χ4v) is 6.02. The van der Waals surface area contributed by atoms with E-state index in [1.165, 1.54) is 0 Å². The molecule has 0 aliphatic carbocycles. The van der Waals surface area contributed by atoms with Gasteiger partial charge in [-0.2, -0.15) is 0 Å². The third-order valence-electron chi connectivity index (χ3n) is 2.23. The summed E-state index contributed by atoms with van der Waals surface area (Å²) >= 11 is 0. The topological polar surface area (TPSA) is 26.3 Å². The molecular weight excluding hydrogens is 201 g/mol. The largest absolute Gasteiger partial charge is 0.541 e. The van der Waals surface area contributed by atoms with Gasteiger partial charge in [0, 0.05) is 0 Å². The van der Waals surface area contributed by atoms with E-state index in [4.69, 9.17) is 0 Å². The summed E-state index contributed by atoms with van der Waals surface area (Å²) < 4.78 is 38.9. The number of hydrogen-bond acceptors (Lipinski definition) is 2. The van der Waals surface area contributed by atoms with Crippen molar-refractivity contribution in [2.75, 3.05) is 0 Å². The molecule has 74 valence electrons. The van der Waals surface area contributed by atoms with E-state index < -0.39 is 16.3 Å². The second kappa shape index (κ2) is 4.49. The van der Waals surface area contributed by atoms with Crippen molar-refractivity contribution in [1.29, 1.82) is 0 Å². The summed E-state index contributed by atoms with van der Waals surface area (Å²) in [5.74, 6) is 0. The summed E-state index contributed by atoms with van der Waals surface area (Å²) in [6.45, 7) is 5.44. The molecule has 0 aliphatic heterocycles. The number of hydrogen-bond donors (Lipinski definition) is 0. The molecule has 12 heavy (non-hydrogen) atoms. The Morgan fingerprint density at radius 2 is 1.50 bits per heavy atom. The van der Waals surface area contributed by atoms with E-state index in [0.29, 0.717) is 18.1 Å². The molecule has 0 rings (SSSR count). The lowest BCUT2D eigenvalue weighted by Crippen LogP contribution is -2.33. The van der Waals surface area contributed by atoms with Gasteiger partial charge in [-0.1, -0.05) is 20.8 Å². The summed E-state index contributed by atoms with van der Waals surface area (Å²) in [6, 6.07) is 1.79. The molecule has 0 heterocycles. The summed E-state index contributed by atoms with van der Waals surface area (Å²) in [7, 11) is -7.64. The molecule has 0 aromatic heterocycles. The molecule has 0 radical (unpaired) electrons. The van der Waals surface area contributed by atoms with Gasteiger partial charge >= 0.3 is 7.99 Å². The molecular formula is C6H15F2O2PSi. The highest BCUT2D eigenvalue weighted by atomic mass is 31.2. The molecule has 0 unspecified atom stereocenters. The van der Waals surface area contributed by atoms with E-state index in [-0.39, 0.29) is 0 Å². The van der Waals surface area contributed by atoms with Crippen molar-refractivity contribution in [3.05, 3.63) is 0 Å². The third kappa shape index (κ3) is 3.78. The SMILES string of the molecule is CC[Si](CC)(CC)OP(=O)(F)F. The third-order valence-corrected chi connectivity index (χ3v) is 8.50. The van der Waals surface area contributed by atoms with E-state index in [1.54, 1.807) is 0 Å². The summed E-state index contributed by atoms with van der Waals surface area (Å²) in [5, 5.41) is 0. The highest BCUT2D eigenvalue weighted by Crippen LogP contribution is 2.54. The minimum absolute atomic E-state index is 0.595. The minimum atomic E-state index is -5.28. The zero-order chi connectivity index (χ0) is 9.83. The van der Waals surface area contributed by atoms with Gasteiger partial charge in [-0.3, -0.25) is 0 Å². The van der Waals surface area contributed by atoms with Crippen LogP contribution in [0.1, 0.15) is 20.8 Å². The van der Waals surface area contributed by atoms with Gasteiger partial charge in [0.25, 0.3) is 0 Å². The maximum Gasteiger partial charge on any atom is 0.541 e. The molecule has 2 nitrogen and oxygen atoms in total. The highest BCUT2D eigenvalue weighted by molar-refractivity contribution is 7.49. The Bertz CT molecular complexity index is 170. The summed E-state index contributed by atoms with van der Waals surface area (Å²) in [6.07, 6.45) is 0. The van der Waals surface area contributed by atoms with Crippen molar-refractivity contribution in [3.8, 4) is 0 Å². The molecule has 0 spiro atoms. The Kier molecular flexibility index (Phi) is 4.59.